The molecule has 1 atom stereocenters. The average molecular weight is 445 g/mol. The molecule has 1 N–H and O–H groups in total. The van der Waals surface area contributed by atoms with Crippen molar-refractivity contribution in [2.45, 2.75) is 19.9 Å². The first kappa shape index (κ1) is 22.6. The largest absolute Gasteiger partial charge is 0.368 e. The van der Waals surface area contributed by atoms with Gasteiger partial charge in [-0.2, -0.15) is 0 Å². The normalized spacial score (nSPS) is 15.0. The third-order valence-electron chi connectivity index (χ3n) is 5.33. The van der Waals surface area contributed by atoms with Crippen LogP contribution in [-0.4, -0.2) is 53.9 Å². The van der Waals surface area contributed by atoms with Crippen molar-refractivity contribution in [3.8, 4) is 0 Å². The average Bonchev–Trinajstić information content (AvgIpc) is 2.77. The maximum atomic E-state index is 13.1. The third-order valence-corrected chi connectivity index (χ3v) is 5.66. The Bertz CT molecular complexity index is 973. The van der Waals surface area contributed by atoms with Gasteiger partial charge in [0.15, 0.2) is 0 Å². The molecule has 0 aliphatic carbocycles. The zero-order valence-electron chi connectivity index (χ0n) is 17.5. The monoisotopic (exact) mass is 444 g/mol. The van der Waals surface area contributed by atoms with Gasteiger partial charge in [0.2, 0.25) is 5.91 Å². The number of nitrogens with zero attached hydrogens (tertiary/aromatic N) is 3. The fourth-order valence-electron chi connectivity index (χ4n) is 3.56. The predicted molar refractivity (Wildman–Crippen MR) is 119 cm³/mol. The Morgan fingerprint density at radius 2 is 1.74 bits per heavy atom. The van der Waals surface area contributed by atoms with E-state index in [0.29, 0.717) is 36.8 Å². The Kier molecular flexibility index (Phi) is 7.12. The van der Waals surface area contributed by atoms with Crippen LogP contribution in [0, 0.1) is 16.0 Å². The molecule has 0 spiro atoms. The van der Waals surface area contributed by atoms with Crippen LogP contribution in [0.4, 0.5) is 11.4 Å². The van der Waals surface area contributed by atoms with Crippen molar-refractivity contribution in [2.24, 2.45) is 5.92 Å². The van der Waals surface area contributed by atoms with E-state index in [1.54, 1.807) is 35.2 Å². The Morgan fingerprint density at radius 3 is 2.35 bits per heavy atom. The van der Waals surface area contributed by atoms with E-state index in [2.05, 4.69) is 5.32 Å². The minimum Gasteiger partial charge on any atom is -0.368 e. The summed E-state index contributed by atoms with van der Waals surface area (Å²) in [5.74, 6) is -0.629. The highest BCUT2D eigenvalue weighted by Crippen LogP contribution is 2.23. The number of anilines is 1. The lowest BCUT2D eigenvalue weighted by Crippen LogP contribution is -2.56. The van der Waals surface area contributed by atoms with E-state index in [4.69, 9.17) is 11.6 Å². The highest BCUT2D eigenvalue weighted by atomic mass is 35.5. The van der Waals surface area contributed by atoms with Crippen molar-refractivity contribution in [2.75, 3.05) is 31.1 Å². The van der Waals surface area contributed by atoms with E-state index >= 15 is 0 Å². The zero-order valence-corrected chi connectivity index (χ0v) is 18.2. The number of piperazine rings is 1. The first-order valence-electron chi connectivity index (χ1n) is 10.1. The number of carbonyl (C=O) groups excluding carboxylic acids is 2. The molecular formula is C22H25ClN4O4. The number of nitro groups is 1. The first-order valence-corrected chi connectivity index (χ1v) is 10.5. The Hall–Kier alpha value is -3.13. The molecule has 1 heterocycles. The summed E-state index contributed by atoms with van der Waals surface area (Å²) in [5, 5.41) is 14.2. The molecule has 2 aromatic rings. The second kappa shape index (κ2) is 9.78. The zero-order chi connectivity index (χ0) is 22.5. The highest BCUT2D eigenvalue weighted by Gasteiger charge is 2.31. The van der Waals surface area contributed by atoms with E-state index in [1.165, 1.54) is 12.1 Å². The molecule has 2 amide bonds. The molecule has 2 aromatic carbocycles. The molecule has 0 bridgehead atoms. The second-order valence-electron chi connectivity index (χ2n) is 7.76. The molecule has 164 valence electrons. The molecule has 9 heteroatoms. The van der Waals surface area contributed by atoms with Gasteiger partial charge in [0.05, 0.1) is 15.5 Å². The third kappa shape index (κ3) is 5.32. The summed E-state index contributed by atoms with van der Waals surface area (Å²) in [7, 11) is 0. The fourth-order valence-corrected chi connectivity index (χ4v) is 3.78. The van der Waals surface area contributed by atoms with Crippen LogP contribution in [0.5, 0.6) is 0 Å². The summed E-state index contributed by atoms with van der Waals surface area (Å²) in [6.45, 7) is 5.80. The van der Waals surface area contributed by atoms with Crippen LogP contribution in [-0.2, 0) is 4.79 Å². The molecule has 1 fully saturated rings. The number of rotatable bonds is 6. The van der Waals surface area contributed by atoms with Crippen molar-refractivity contribution in [3.63, 3.8) is 0 Å². The number of nitrogens with one attached hydrogen (secondary N) is 1. The van der Waals surface area contributed by atoms with Crippen molar-refractivity contribution in [1.29, 1.82) is 0 Å². The number of hydrogen-bond acceptors (Lipinski definition) is 5. The van der Waals surface area contributed by atoms with Crippen LogP contribution in [0.15, 0.2) is 48.5 Å². The molecule has 0 aromatic heterocycles. The van der Waals surface area contributed by atoms with Crippen molar-refractivity contribution >= 4 is 34.8 Å². The summed E-state index contributed by atoms with van der Waals surface area (Å²) in [6, 6.07) is 12.5. The number of amides is 2. The van der Waals surface area contributed by atoms with Crippen molar-refractivity contribution < 1.29 is 14.5 Å². The number of carbonyl (C=O) groups is 2. The van der Waals surface area contributed by atoms with Gasteiger partial charge in [-0.15, -0.1) is 0 Å². The van der Waals surface area contributed by atoms with Gasteiger partial charge in [0.1, 0.15) is 6.04 Å². The Balaban J connectivity index is 1.65. The molecule has 0 saturated carbocycles. The van der Waals surface area contributed by atoms with E-state index in [1.807, 2.05) is 24.8 Å². The topological polar surface area (TPSA) is 95.8 Å². The van der Waals surface area contributed by atoms with Crippen LogP contribution in [0.3, 0.4) is 0 Å². The lowest BCUT2D eigenvalue weighted by Gasteiger charge is -2.38. The predicted octanol–water partition coefficient (Wildman–Crippen LogP) is 3.35. The number of non-ortho nitro benzene ring substituents is 1. The van der Waals surface area contributed by atoms with Gasteiger partial charge in [0.25, 0.3) is 11.6 Å². The summed E-state index contributed by atoms with van der Waals surface area (Å²) in [6.07, 6.45) is 0. The SMILES string of the molecule is CC(C)C(NC(=O)c1ccccc1Cl)C(=O)N1CCN(c2cccc([N+](=O)[O-])c2)CC1. The van der Waals surface area contributed by atoms with Crippen LogP contribution >= 0.6 is 11.6 Å². The van der Waals surface area contributed by atoms with Gasteiger partial charge < -0.3 is 15.1 Å². The van der Waals surface area contributed by atoms with E-state index in [9.17, 15) is 19.7 Å². The van der Waals surface area contributed by atoms with Gasteiger partial charge in [-0.1, -0.05) is 43.6 Å². The number of nitro benzene ring substituents is 1. The number of halogens is 1. The van der Waals surface area contributed by atoms with Gasteiger partial charge in [0, 0.05) is 44.0 Å². The molecule has 1 aliphatic heterocycles. The van der Waals surface area contributed by atoms with E-state index in [-0.39, 0.29) is 23.4 Å². The smallest absolute Gasteiger partial charge is 0.271 e. The Morgan fingerprint density at radius 1 is 1.06 bits per heavy atom. The van der Waals surface area contributed by atoms with Crippen molar-refractivity contribution in [3.05, 3.63) is 69.2 Å². The quantitative estimate of drug-likeness (QED) is 0.544. The maximum Gasteiger partial charge on any atom is 0.271 e. The number of hydrogen-bond donors (Lipinski definition) is 1. The van der Waals surface area contributed by atoms with Gasteiger partial charge in [-0.25, -0.2) is 0 Å². The minimum atomic E-state index is -0.673. The van der Waals surface area contributed by atoms with Gasteiger partial charge >= 0.3 is 0 Å². The van der Waals surface area contributed by atoms with Crippen LogP contribution < -0.4 is 10.2 Å². The second-order valence-corrected chi connectivity index (χ2v) is 8.17. The van der Waals surface area contributed by atoms with Crippen LogP contribution in [0.25, 0.3) is 0 Å². The molecule has 1 unspecified atom stereocenters. The molecule has 31 heavy (non-hydrogen) atoms. The van der Waals surface area contributed by atoms with Crippen LogP contribution in [0.2, 0.25) is 5.02 Å². The first-order chi connectivity index (χ1) is 14.8. The number of benzene rings is 2. The molecule has 3 rings (SSSR count). The minimum absolute atomic E-state index is 0.0400. The summed E-state index contributed by atoms with van der Waals surface area (Å²) in [4.78, 5) is 40.2. The molecule has 0 radical (unpaired) electrons. The Labute approximate surface area is 185 Å². The molecule has 1 saturated heterocycles. The summed E-state index contributed by atoms with van der Waals surface area (Å²) in [5.41, 5.74) is 1.13. The van der Waals surface area contributed by atoms with Gasteiger partial charge in [-0.05, 0) is 24.1 Å². The molecular weight excluding hydrogens is 420 g/mol. The highest BCUT2D eigenvalue weighted by molar-refractivity contribution is 6.33. The standard InChI is InChI=1S/C22H25ClN4O4/c1-15(2)20(24-21(28)18-8-3-4-9-19(18)23)22(29)26-12-10-25(11-13-26)16-6-5-7-17(14-16)27(30)31/h3-9,14-15,20H,10-13H2,1-2H3,(H,24,28). The molecule has 1 aliphatic rings. The van der Waals surface area contributed by atoms with E-state index in [0.717, 1.165) is 5.69 Å². The molecule has 8 nitrogen and oxygen atoms in total. The maximum absolute atomic E-state index is 13.1. The van der Waals surface area contributed by atoms with Crippen molar-refractivity contribution in [1.82, 2.24) is 10.2 Å². The lowest BCUT2D eigenvalue weighted by molar-refractivity contribution is -0.384. The summed E-state index contributed by atoms with van der Waals surface area (Å²) >= 11 is 6.11. The lowest BCUT2D eigenvalue weighted by atomic mass is 10.0. The van der Waals surface area contributed by atoms with E-state index < -0.39 is 11.0 Å². The fraction of sp³-hybridized carbons (Fsp3) is 0.364. The van der Waals surface area contributed by atoms with Gasteiger partial charge in [-0.3, -0.25) is 19.7 Å². The van der Waals surface area contributed by atoms with Crippen LogP contribution in [0.1, 0.15) is 24.2 Å². The summed E-state index contributed by atoms with van der Waals surface area (Å²) < 4.78 is 0.